The summed E-state index contributed by atoms with van der Waals surface area (Å²) in [5.41, 5.74) is -5.67. The van der Waals surface area contributed by atoms with Gasteiger partial charge in [0.1, 0.15) is 5.75 Å². The lowest BCUT2D eigenvalue weighted by molar-refractivity contribution is -0.0500. The van der Waals surface area contributed by atoms with Crippen molar-refractivity contribution < 1.29 is 25.8 Å². The van der Waals surface area contributed by atoms with E-state index in [-0.39, 0.29) is 31.8 Å². The molecule has 12 heteroatoms. The lowest BCUT2D eigenvalue weighted by atomic mass is 9.99. The number of alkyl halides is 3. The molecule has 0 fully saturated rings. The number of hydrogen-bond donors (Lipinski definition) is 0. The Balaban J connectivity index is 2.14. The molecule has 0 aliphatic carbocycles. The Bertz CT molecular complexity index is 1580. The van der Waals surface area contributed by atoms with Crippen LogP contribution in [0, 0.1) is 0 Å². The number of benzene rings is 3. The summed E-state index contributed by atoms with van der Waals surface area (Å²) in [4.78, 5) is 12.9. The third-order valence-corrected chi connectivity index (χ3v) is 6.72. The second-order valence-electron chi connectivity index (χ2n) is 6.94. The molecule has 0 bridgehead atoms. The van der Waals surface area contributed by atoms with Crippen LogP contribution in [-0.2, 0) is 10.1 Å². The number of fused-ring (bicyclic) bond motifs is 1. The molecule has 0 aliphatic heterocycles. The van der Waals surface area contributed by atoms with Crippen LogP contribution in [0.4, 0.5) is 13.2 Å². The molecule has 0 aliphatic rings. The second-order valence-corrected chi connectivity index (χ2v) is 9.70. The SMILES string of the molecule is O=c1ccc2c(-c3ccccc3Cl)cc(OS(=O)(=O)C(F)(F)F)cc2n1-c1c(Cl)cccc1Cl. The fraction of sp³-hybridized carbons (Fsp3) is 0.0455. The van der Waals surface area contributed by atoms with Crippen LogP contribution < -0.4 is 9.74 Å². The van der Waals surface area contributed by atoms with Crippen molar-refractivity contribution in [2.75, 3.05) is 0 Å². The van der Waals surface area contributed by atoms with Crippen LogP contribution in [0.5, 0.6) is 5.75 Å². The Kier molecular flexibility index (Phi) is 6.32. The summed E-state index contributed by atoms with van der Waals surface area (Å²) < 4.78 is 67.9. The van der Waals surface area contributed by atoms with Gasteiger partial charge in [-0.15, -0.1) is 0 Å². The van der Waals surface area contributed by atoms with E-state index in [0.717, 1.165) is 16.7 Å². The summed E-state index contributed by atoms with van der Waals surface area (Å²) in [6, 6.07) is 15.6. The predicted octanol–water partition coefficient (Wildman–Crippen LogP) is 6.85. The first-order valence-electron chi connectivity index (χ1n) is 9.30. The minimum absolute atomic E-state index is 0.00713. The molecule has 176 valence electrons. The van der Waals surface area contributed by atoms with Crippen LogP contribution >= 0.6 is 34.8 Å². The first-order valence-corrected chi connectivity index (χ1v) is 11.8. The van der Waals surface area contributed by atoms with Crippen LogP contribution in [0.15, 0.2) is 71.5 Å². The molecule has 3 aromatic carbocycles. The highest BCUT2D eigenvalue weighted by atomic mass is 35.5. The van der Waals surface area contributed by atoms with Gasteiger partial charge in [-0.3, -0.25) is 9.36 Å². The molecular formula is C22H11Cl3F3NO4S. The summed E-state index contributed by atoms with van der Waals surface area (Å²) in [6.07, 6.45) is 0. The molecule has 0 atom stereocenters. The maximum atomic E-state index is 13.0. The minimum Gasteiger partial charge on any atom is -0.376 e. The van der Waals surface area contributed by atoms with E-state index in [9.17, 15) is 26.4 Å². The monoisotopic (exact) mass is 547 g/mol. The smallest absolute Gasteiger partial charge is 0.376 e. The average molecular weight is 549 g/mol. The van der Waals surface area contributed by atoms with Gasteiger partial charge in [0, 0.05) is 28.1 Å². The molecule has 1 aromatic heterocycles. The van der Waals surface area contributed by atoms with Gasteiger partial charge in [0.15, 0.2) is 0 Å². The fourth-order valence-corrected chi connectivity index (χ4v) is 4.63. The van der Waals surface area contributed by atoms with E-state index in [1.807, 2.05) is 0 Å². The van der Waals surface area contributed by atoms with Crippen molar-refractivity contribution in [3.05, 3.63) is 92.2 Å². The lowest BCUT2D eigenvalue weighted by Gasteiger charge is -2.18. The first kappa shape index (κ1) is 24.4. The molecule has 4 rings (SSSR count). The van der Waals surface area contributed by atoms with Gasteiger partial charge in [-0.05, 0) is 35.9 Å². The predicted molar refractivity (Wildman–Crippen MR) is 126 cm³/mol. The van der Waals surface area contributed by atoms with Gasteiger partial charge in [0.2, 0.25) is 0 Å². The Morgan fingerprint density at radius 3 is 2.03 bits per heavy atom. The van der Waals surface area contributed by atoms with Crippen molar-refractivity contribution in [3.63, 3.8) is 0 Å². The molecular weight excluding hydrogens is 538 g/mol. The summed E-state index contributed by atoms with van der Waals surface area (Å²) in [5, 5.41) is 0.736. The molecule has 34 heavy (non-hydrogen) atoms. The highest BCUT2D eigenvalue weighted by molar-refractivity contribution is 7.88. The molecule has 5 nitrogen and oxygen atoms in total. The van der Waals surface area contributed by atoms with E-state index in [1.54, 1.807) is 30.3 Å². The number of para-hydroxylation sites is 1. The number of aromatic nitrogens is 1. The van der Waals surface area contributed by atoms with Crippen LogP contribution in [0.25, 0.3) is 27.7 Å². The van der Waals surface area contributed by atoms with E-state index in [4.69, 9.17) is 34.8 Å². The third-order valence-electron chi connectivity index (χ3n) is 4.80. The minimum atomic E-state index is -6.00. The highest BCUT2D eigenvalue weighted by Gasteiger charge is 2.48. The van der Waals surface area contributed by atoms with Crippen molar-refractivity contribution >= 4 is 55.8 Å². The van der Waals surface area contributed by atoms with Gasteiger partial charge in [-0.25, -0.2) is 0 Å². The third kappa shape index (κ3) is 4.36. The van der Waals surface area contributed by atoms with Crippen molar-refractivity contribution in [2.24, 2.45) is 0 Å². The molecule has 0 spiro atoms. The van der Waals surface area contributed by atoms with E-state index in [1.165, 1.54) is 24.3 Å². The molecule has 0 saturated heterocycles. The van der Waals surface area contributed by atoms with Crippen LogP contribution in [0.3, 0.4) is 0 Å². The van der Waals surface area contributed by atoms with Crippen LogP contribution in [0.1, 0.15) is 0 Å². The number of pyridine rings is 1. The normalized spacial score (nSPS) is 12.2. The molecule has 1 heterocycles. The Hall–Kier alpha value is -2.72. The standard InChI is InChI=1S/C22H11Cl3F3NO4S/c23-16-5-2-1-4-13(16)15-10-12(33-34(31,32)22(26,27)28)11-19-14(15)8-9-20(30)29(19)21-17(24)6-3-7-18(21)25/h1-11H. The van der Waals surface area contributed by atoms with Gasteiger partial charge < -0.3 is 4.18 Å². The maximum Gasteiger partial charge on any atom is 0.534 e. The van der Waals surface area contributed by atoms with E-state index < -0.39 is 26.9 Å². The molecule has 0 N–H and O–H groups in total. The zero-order valence-corrected chi connectivity index (χ0v) is 19.7. The van der Waals surface area contributed by atoms with Crippen molar-refractivity contribution in [3.8, 4) is 22.6 Å². The summed E-state index contributed by atoms with van der Waals surface area (Å²) in [6.45, 7) is 0. The van der Waals surface area contributed by atoms with Gasteiger partial charge in [-0.2, -0.15) is 21.6 Å². The summed E-state index contributed by atoms with van der Waals surface area (Å²) in [7, 11) is -6.00. The second kappa shape index (κ2) is 8.81. The average Bonchev–Trinajstić information content (AvgIpc) is 2.74. The van der Waals surface area contributed by atoms with Crippen LogP contribution in [0.2, 0.25) is 15.1 Å². The molecule has 4 aromatic rings. The highest BCUT2D eigenvalue weighted by Crippen LogP contribution is 2.39. The topological polar surface area (TPSA) is 65.4 Å². The van der Waals surface area contributed by atoms with Gasteiger partial charge in [0.25, 0.3) is 5.56 Å². The van der Waals surface area contributed by atoms with Crippen LogP contribution in [-0.4, -0.2) is 18.5 Å². The molecule has 0 saturated carbocycles. The number of rotatable bonds is 4. The lowest BCUT2D eigenvalue weighted by Crippen LogP contribution is -2.28. The Morgan fingerprint density at radius 1 is 0.794 bits per heavy atom. The van der Waals surface area contributed by atoms with E-state index in [0.29, 0.717) is 10.9 Å². The molecule has 0 unspecified atom stereocenters. The number of halogens is 6. The van der Waals surface area contributed by atoms with Crippen molar-refractivity contribution in [1.82, 2.24) is 4.57 Å². The van der Waals surface area contributed by atoms with Gasteiger partial charge in [-0.1, -0.05) is 59.1 Å². The quantitative estimate of drug-likeness (QED) is 0.207. The van der Waals surface area contributed by atoms with Crippen molar-refractivity contribution in [2.45, 2.75) is 5.51 Å². The maximum absolute atomic E-state index is 13.0. The van der Waals surface area contributed by atoms with E-state index in [2.05, 4.69) is 4.18 Å². The zero-order valence-electron chi connectivity index (χ0n) is 16.6. The largest absolute Gasteiger partial charge is 0.534 e. The summed E-state index contributed by atoms with van der Waals surface area (Å²) >= 11 is 18.9. The molecule has 0 amide bonds. The van der Waals surface area contributed by atoms with Gasteiger partial charge >= 0.3 is 15.6 Å². The summed E-state index contributed by atoms with van der Waals surface area (Å²) in [5.74, 6) is -0.692. The first-order chi connectivity index (χ1) is 15.9. The van der Waals surface area contributed by atoms with Crippen molar-refractivity contribution in [1.29, 1.82) is 0 Å². The number of nitrogens with zero attached hydrogens (tertiary/aromatic N) is 1. The molecule has 0 radical (unpaired) electrons. The fourth-order valence-electron chi connectivity index (χ4n) is 3.38. The Labute approximate surface area is 206 Å². The number of hydrogen-bond acceptors (Lipinski definition) is 4. The Morgan fingerprint density at radius 2 is 1.41 bits per heavy atom. The van der Waals surface area contributed by atoms with Gasteiger partial charge in [0.05, 0.1) is 21.2 Å². The van der Waals surface area contributed by atoms with E-state index >= 15 is 0 Å². The zero-order chi connectivity index (χ0) is 24.8.